The van der Waals surface area contributed by atoms with Crippen LogP contribution in [-0.4, -0.2) is 11.7 Å². The van der Waals surface area contributed by atoms with Gasteiger partial charge < -0.3 is 5.73 Å². The smallest absolute Gasteiger partial charge is 0.206 e. The SMILES string of the molecule is Cc1ccc(Cl)c2c1CCC2=NNC(=N)N.Cl. The lowest BCUT2D eigenvalue weighted by Crippen LogP contribution is -2.26. The Kier molecular flexibility index (Phi) is 4.37. The van der Waals surface area contributed by atoms with E-state index < -0.39 is 0 Å². The number of nitrogens with one attached hydrogen (secondary N) is 2. The predicted octanol–water partition coefficient (Wildman–Crippen LogP) is 2.20. The van der Waals surface area contributed by atoms with E-state index in [9.17, 15) is 0 Å². The maximum Gasteiger partial charge on any atom is 0.206 e. The van der Waals surface area contributed by atoms with Crippen molar-refractivity contribution in [2.24, 2.45) is 10.8 Å². The van der Waals surface area contributed by atoms with Crippen LogP contribution in [0.4, 0.5) is 0 Å². The highest BCUT2D eigenvalue weighted by Gasteiger charge is 2.22. The molecule has 17 heavy (non-hydrogen) atoms. The number of aryl methyl sites for hydroxylation is 1. The van der Waals surface area contributed by atoms with E-state index in [2.05, 4.69) is 17.5 Å². The van der Waals surface area contributed by atoms with Crippen molar-refractivity contribution in [2.45, 2.75) is 19.8 Å². The number of hydrogen-bond donors (Lipinski definition) is 3. The minimum Gasteiger partial charge on any atom is -0.369 e. The van der Waals surface area contributed by atoms with Crippen molar-refractivity contribution in [3.05, 3.63) is 33.8 Å². The van der Waals surface area contributed by atoms with E-state index in [-0.39, 0.29) is 18.4 Å². The van der Waals surface area contributed by atoms with Gasteiger partial charge in [0.05, 0.1) is 5.71 Å². The lowest BCUT2D eigenvalue weighted by atomic mass is 10.0. The number of benzene rings is 1. The Morgan fingerprint density at radius 1 is 1.47 bits per heavy atom. The molecule has 1 aromatic carbocycles. The summed E-state index contributed by atoms with van der Waals surface area (Å²) >= 11 is 6.16. The molecule has 0 unspecified atom stereocenters. The first-order valence-corrected chi connectivity index (χ1v) is 5.42. The van der Waals surface area contributed by atoms with Crippen LogP contribution in [0.25, 0.3) is 0 Å². The van der Waals surface area contributed by atoms with Crippen LogP contribution in [0.15, 0.2) is 17.2 Å². The van der Waals surface area contributed by atoms with E-state index >= 15 is 0 Å². The van der Waals surface area contributed by atoms with Crippen LogP contribution >= 0.6 is 24.0 Å². The van der Waals surface area contributed by atoms with Gasteiger partial charge in [0.2, 0.25) is 5.96 Å². The average molecular weight is 273 g/mol. The molecule has 0 aliphatic heterocycles. The van der Waals surface area contributed by atoms with Crippen molar-refractivity contribution >= 4 is 35.7 Å². The maximum atomic E-state index is 7.06. The van der Waals surface area contributed by atoms with Crippen LogP contribution in [0.3, 0.4) is 0 Å². The van der Waals surface area contributed by atoms with E-state index in [0.717, 1.165) is 24.1 Å². The molecule has 0 radical (unpaired) electrons. The monoisotopic (exact) mass is 272 g/mol. The van der Waals surface area contributed by atoms with Gasteiger partial charge in [-0.15, -0.1) is 12.4 Å². The van der Waals surface area contributed by atoms with Crippen LogP contribution in [-0.2, 0) is 6.42 Å². The van der Waals surface area contributed by atoms with Gasteiger partial charge in [-0.2, -0.15) is 5.10 Å². The Labute approximate surface area is 111 Å². The van der Waals surface area contributed by atoms with E-state index in [0.29, 0.717) is 5.02 Å². The van der Waals surface area contributed by atoms with Crippen molar-refractivity contribution in [3.63, 3.8) is 0 Å². The fourth-order valence-electron chi connectivity index (χ4n) is 1.97. The summed E-state index contributed by atoms with van der Waals surface area (Å²) in [4.78, 5) is 0. The van der Waals surface area contributed by atoms with Crippen LogP contribution in [0, 0.1) is 12.3 Å². The number of nitrogens with two attached hydrogens (primary N) is 1. The molecule has 0 saturated heterocycles. The summed E-state index contributed by atoms with van der Waals surface area (Å²) in [6.07, 6.45) is 1.78. The van der Waals surface area contributed by atoms with Crippen molar-refractivity contribution < 1.29 is 0 Å². The second-order valence-corrected chi connectivity index (χ2v) is 4.21. The zero-order valence-electron chi connectivity index (χ0n) is 9.38. The zero-order valence-corrected chi connectivity index (χ0v) is 11.0. The highest BCUT2D eigenvalue weighted by molar-refractivity contribution is 6.35. The molecule has 2 rings (SSSR count). The molecule has 0 atom stereocenters. The van der Waals surface area contributed by atoms with Crippen LogP contribution in [0.2, 0.25) is 5.02 Å². The average Bonchev–Trinajstić information content (AvgIpc) is 2.65. The summed E-state index contributed by atoms with van der Waals surface area (Å²) in [7, 11) is 0. The third-order valence-electron chi connectivity index (χ3n) is 2.71. The molecule has 0 heterocycles. The third-order valence-corrected chi connectivity index (χ3v) is 3.02. The Morgan fingerprint density at radius 3 is 2.82 bits per heavy atom. The van der Waals surface area contributed by atoms with Gasteiger partial charge in [0, 0.05) is 10.6 Å². The summed E-state index contributed by atoms with van der Waals surface area (Å²) in [5.74, 6) is -0.162. The molecule has 92 valence electrons. The molecule has 0 bridgehead atoms. The molecule has 1 aliphatic rings. The standard InChI is InChI=1S/C11H13ClN4.ClH/c1-6-2-4-8(12)10-7(6)3-5-9(10)15-16-11(13)14;/h2,4H,3,5H2,1H3,(H4,13,14,16);1H. The van der Waals surface area contributed by atoms with Crippen molar-refractivity contribution in [3.8, 4) is 0 Å². The number of hydrazone groups is 1. The molecule has 4 N–H and O–H groups in total. The molecule has 0 saturated carbocycles. The van der Waals surface area contributed by atoms with Crippen molar-refractivity contribution in [2.75, 3.05) is 0 Å². The number of nitrogens with zero attached hydrogens (tertiary/aromatic N) is 1. The molecule has 4 nitrogen and oxygen atoms in total. The number of guanidine groups is 1. The summed E-state index contributed by atoms with van der Waals surface area (Å²) in [5.41, 5.74) is 12.0. The fraction of sp³-hybridized carbons (Fsp3) is 0.273. The molecule has 0 spiro atoms. The molecule has 0 amide bonds. The molecular formula is C11H14Cl2N4. The normalized spacial score (nSPS) is 15.3. The van der Waals surface area contributed by atoms with E-state index in [1.165, 1.54) is 11.1 Å². The Hall–Kier alpha value is -1.26. The summed E-state index contributed by atoms with van der Waals surface area (Å²) < 4.78 is 0. The Bertz CT molecular complexity index is 483. The molecular weight excluding hydrogens is 259 g/mol. The quantitative estimate of drug-likeness (QED) is 0.417. The first kappa shape index (κ1) is 13.8. The number of hydrogen-bond acceptors (Lipinski definition) is 2. The topological polar surface area (TPSA) is 74.3 Å². The molecule has 1 aromatic rings. The molecule has 6 heteroatoms. The summed E-state index contributed by atoms with van der Waals surface area (Å²) in [5, 5.41) is 11.9. The second-order valence-electron chi connectivity index (χ2n) is 3.80. The highest BCUT2D eigenvalue weighted by Crippen LogP contribution is 2.31. The predicted molar refractivity (Wildman–Crippen MR) is 73.3 cm³/mol. The van der Waals surface area contributed by atoms with Gasteiger partial charge in [-0.05, 0) is 37.0 Å². The van der Waals surface area contributed by atoms with Gasteiger partial charge in [0.1, 0.15) is 0 Å². The summed E-state index contributed by atoms with van der Waals surface area (Å²) in [6.45, 7) is 2.07. The molecule has 0 aromatic heterocycles. The van der Waals surface area contributed by atoms with Crippen LogP contribution < -0.4 is 11.2 Å². The van der Waals surface area contributed by atoms with E-state index in [1.807, 2.05) is 12.1 Å². The van der Waals surface area contributed by atoms with Crippen LogP contribution in [0.1, 0.15) is 23.1 Å². The highest BCUT2D eigenvalue weighted by atomic mass is 35.5. The first-order chi connectivity index (χ1) is 7.59. The van der Waals surface area contributed by atoms with Crippen LogP contribution in [0.5, 0.6) is 0 Å². The molecule has 0 fully saturated rings. The van der Waals surface area contributed by atoms with E-state index in [1.54, 1.807) is 0 Å². The van der Waals surface area contributed by atoms with Gasteiger partial charge in [-0.1, -0.05) is 17.7 Å². The van der Waals surface area contributed by atoms with Gasteiger partial charge in [-0.25, -0.2) is 5.43 Å². The van der Waals surface area contributed by atoms with Gasteiger partial charge in [-0.3, -0.25) is 5.41 Å². The second kappa shape index (κ2) is 5.38. The lowest BCUT2D eigenvalue weighted by Gasteiger charge is -2.06. The zero-order chi connectivity index (χ0) is 11.7. The van der Waals surface area contributed by atoms with Crippen molar-refractivity contribution in [1.82, 2.24) is 5.43 Å². The number of halogens is 2. The minimum atomic E-state index is -0.162. The van der Waals surface area contributed by atoms with Gasteiger partial charge in [0.25, 0.3) is 0 Å². The maximum absolute atomic E-state index is 7.06. The number of fused-ring (bicyclic) bond motifs is 1. The Morgan fingerprint density at radius 2 is 2.18 bits per heavy atom. The minimum absolute atomic E-state index is 0. The van der Waals surface area contributed by atoms with E-state index in [4.69, 9.17) is 22.7 Å². The van der Waals surface area contributed by atoms with Gasteiger partial charge in [0.15, 0.2) is 0 Å². The lowest BCUT2D eigenvalue weighted by molar-refractivity contribution is 0.975. The Balaban J connectivity index is 0.00000144. The molecule has 1 aliphatic carbocycles. The largest absolute Gasteiger partial charge is 0.369 e. The first-order valence-electron chi connectivity index (χ1n) is 5.04. The fourth-order valence-corrected chi connectivity index (χ4v) is 2.25. The third kappa shape index (κ3) is 2.70. The van der Waals surface area contributed by atoms with Gasteiger partial charge >= 0.3 is 0 Å². The van der Waals surface area contributed by atoms with Crippen molar-refractivity contribution in [1.29, 1.82) is 5.41 Å². The summed E-state index contributed by atoms with van der Waals surface area (Å²) in [6, 6.07) is 3.90. The number of rotatable bonds is 1.